The van der Waals surface area contributed by atoms with Crippen molar-refractivity contribution in [2.45, 2.75) is 6.54 Å². The van der Waals surface area contributed by atoms with Crippen molar-refractivity contribution in [3.63, 3.8) is 0 Å². The van der Waals surface area contributed by atoms with Crippen molar-refractivity contribution in [3.05, 3.63) is 69.9 Å². The predicted molar refractivity (Wildman–Crippen MR) is 82.0 cm³/mol. The van der Waals surface area contributed by atoms with E-state index in [1.807, 2.05) is 4.57 Å². The molecular weight excluding hydrogens is 283 g/mol. The third-order valence-corrected chi connectivity index (χ3v) is 3.57. The van der Waals surface area contributed by atoms with E-state index in [4.69, 9.17) is 0 Å². The Labute approximate surface area is 126 Å². The maximum atomic E-state index is 13.1. The standard InChI is InChI=1S/C16H15FN4O/c1-18-16-20(2)15(22)13-4-3-9-19-14(13)21(16)10-11-5-7-12(17)8-6-11/h3-9H,10H2,1-2H3. The topological polar surface area (TPSA) is 52.2 Å². The van der Waals surface area contributed by atoms with Gasteiger partial charge in [-0.15, -0.1) is 0 Å². The Kier molecular flexibility index (Phi) is 3.58. The minimum atomic E-state index is -0.280. The third-order valence-electron chi connectivity index (χ3n) is 3.57. The lowest BCUT2D eigenvalue weighted by atomic mass is 10.2. The number of pyridine rings is 1. The molecule has 0 aliphatic carbocycles. The highest BCUT2D eigenvalue weighted by Gasteiger charge is 2.10. The molecule has 0 fully saturated rings. The van der Waals surface area contributed by atoms with Gasteiger partial charge < -0.3 is 0 Å². The van der Waals surface area contributed by atoms with Gasteiger partial charge >= 0.3 is 0 Å². The summed E-state index contributed by atoms with van der Waals surface area (Å²) in [5, 5.41) is 0.527. The molecule has 0 bridgehead atoms. The summed E-state index contributed by atoms with van der Waals surface area (Å²) < 4.78 is 16.4. The van der Waals surface area contributed by atoms with Gasteiger partial charge in [0.05, 0.1) is 11.9 Å². The summed E-state index contributed by atoms with van der Waals surface area (Å²) in [6.07, 6.45) is 1.64. The van der Waals surface area contributed by atoms with Gasteiger partial charge in [0.25, 0.3) is 5.56 Å². The van der Waals surface area contributed by atoms with Crippen molar-refractivity contribution >= 4 is 11.0 Å². The lowest BCUT2D eigenvalue weighted by molar-refractivity contribution is 0.622. The van der Waals surface area contributed by atoms with Crippen LogP contribution in [0.5, 0.6) is 0 Å². The van der Waals surface area contributed by atoms with Gasteiger partial charge in [-0.25, -0.2) is 9.37 Å². The van der Waals surface area contributed by atoms with Gasteiger partial charge in [0.15, 0.2) is 0 Å². The van der Waals surface area contributed by atoms with Crippen LogP contribution in [-0.4, -0.2) is 21.2 Å². The number of halogens is 1. The average molecular weight is 298 g/mol. The molecule has 0 amide bonds. The van der Waals surface area contributed by atoms with Crippen molar-refractivity contribution in [2.75, 3.05) is 7.05 Å². The van der Waals surface area contributed by atoms with E-state index < -0.39 is 0 Å². The van der Waals surface area contributed by atoms with Crippen LogP contribution in [0.4, 0.5) is 4.39 Å². The predicted octanol–water partition coefficient (Wildman–Crippen LogP) is 1.45. The van der Waals surface area contributed by atoms with Gasteiger partial charge in [0.1, 0.15) is 11.5 Å². The normalized spacial score (nSPS) is 12.0. The van der Waals surface area contributed by atoms with Crippen molar-refractivity contribution in [2.24, 2.45) is 12.0 Å². The number of nitrogens with zero attached hydrogens (tertiary/aromatic N) is 4. The van der Waals surface area contributed by atoms with Crippen LogP contribution >= 0.6 is 0 Å². The van der Waals surface area contributed by atoms with Crippen molar-refractivity contribution in [3.8, 4) is 0 Å². The fourth-order valence-electron chi connectivity index (χ4n) is 2.51. The van der Waals surface area contributed by atoms with Crippen LogP contribution in [0.1, 0.15) is 5.56 Å². The molecule has 112 valence electrons. The van der Waals surface area contributed by atoms with Crippen molar-refractivity contribution in [1.82, 2.24) is 14.1 Å². The number of fused-ring (bicyclic) bond motifs is 1. The molecule has 22 heavy (non-hydrogen) atoms. The van der Waals surface area contributed by atoms with E-state index in [9.17, 15) is 9.18 Å². The second-order valence-corrected chi connectivity index (χ2v) is 4.97. The zero-order valence-corrected chi connectivity index (χ0v) is 12.3. The summed E-state index contributed by atoms with van der Waals surface area (Å²) in [5.41, 5.74) is 1.84. The van der Waals surface area contributed by atoms with Crippen LogP contribution in [0.2, 0.25) is 0 Å². The average Bonchev–Trinajstić information content (AvgIpc) is 2.54. The van der Waals surface area contributed by atoms with Gasteiger partial charge in [-0.2, -0.15) is 0 Å². The monoisotopic (exact) mass is 298 g/mol. The molecule has 2 aromatic heterocycles. The highest BCUT2D eigenvalue weighted by Crippen LogP contribution is 2.08. The van der Waals surface area contributed by atoms with E-state index >= 15 is 0 Å². The maximum absolute atomic E-state index is 13.1. The fraction of sp³-hybridized carbons (Fsp3) is 0.188. The van der Waals surface area contributed by atoms with Gasteiger partial charge in [0.2, 0.25) is 5.62 Å². The Morgan fingerprint density at radius 2 is 1.95 bits per heavy atom. The molecule has 3 rings (SSSR count). The first-order valence-corrected chi connectivity index (χ1v) is 6.83. The Hall–Kier alpha value is -2.76. The number of benzene rings is 1. The number of hydrogen-bond donors (Lipinski definition) is 0. The summed E-state index contributed by atoms with van der Waals surface area (Å²) in [5.74, 6) is -0.280. The Balaban J connectivity index is 2.30. The molecular formula is C16H15FN4O. The first-order chi connectivity index (χ1) is 10.6. The number of aromatic nitrogens is 3. The van der Waals surface area contributed by atoms with E-state index in [1.165, 1.54) is 16.7 Å². The summed E-state index contributed by atoms with van der Waals surface area (Å²) in [7, 11) is 3.31. The zero-order chi connectivity index (χ0) is 15.7. The second kappa shape index (κ2) is 5.55. The van der Waals surface area contributed by atoms with Gasteiger partial charge in [-0.3, -0.25) is 18.9 Å². The molecule has 0 aliphatic rings. The Morgan fingerprint density at radius 1 is 1.23 bits per heavy atom. The smallest absolute Gasteiger partial charge is 0.264 e. The van der Waals surface area contributed by atoms with Crippen LogP contribution in [0, 0.1) is 5.82 Å². The van der Waals surface area contributed by atoms with E-state index in [-0.39, 0.29) is 11.4 Å². The molecule has 0 spiro atoms. The van der Waals surface area contributed by atoms with E-state index in [0.29, 0.717) is 23.2 Å². The summed E-state index contributed by atoms with van der Waals surface area (Å²) >= 11 is 0. The molecule has 1 aromatic carbocycles. The fourth-order valence-corrected chi connectivity index (χ4v) is 2.51. The lowest BCUT2D eigenvalue weighted by Crippen LogP contribution is -2.39. The molecule has 0 saturated heterocycles. The van der Waals surface area contributed by atoms with Gasteiger partial charge in [-0.1, -0.05) is 12.1 Å². The lowest BCUT2D eigenvalue weighted by Gasteiger charge is -2.13. The van der Waals surface area contributed by atoms with E-state index in [0.717, 1.165) is 5.56 Å². The molecule has 0 radical (unpaired) electrons. The molecule has 3 aromatic rings. The summed E-state index contributed by atoms with van der Waals surface area (Å²) in [6, 6.07) is 9.72. The van der Waals surface area contributed by atoms with E-state index in [2.05, 4.69) is 9.98 Å². The highest BCUT2D eigenvalue weighted by atomic mass is 19.1. The van der Waals surface area contributed by atoms with E-state index in [1.54, 1.807) is 44.6 Å². The van der Waals surface area contributed by atoms with Crippen LogP contribution in [-0.2, 0) is 13.6 Å². The molecule has 0 aliphatic heterocycles. The zero-order valence-electron chi connectivity index (χ0n) is 12.3. The van der Waals surface area contributed by atoms with Crippen molar-refractivity contribution < 1.29 is 4.39 Å². The van der Waals surface area contributed by atoms with Crippen LogP contribution < -0.4 is 11.2 Å². The summed E-state index contributed by atoms with van der Waals surface area (Å²) in [4.78, 5) is 20.9. The molecule has 2 heterocycles. The molecule has 6 heteroatoms. The molecule has 0 unspecified atom stereocenters. The van der Waals surface area contributed by atoms with Crippen molar-refractivity contribution in [1.29, 1.82) is 0 Å². The third kappa shape index (κ3) is 2.32. The maximum Gasteiger partial charge on any atom is 0.264 e. The van der Waals surface area contributed by atoms with Crippen LogP contribution in [0.15, 0.2) is 52.4 Å². The number of rotatable bonds is 2. The molecule has 5 nitrogen and oxygen atoms in total. The first-order valence-electron chi connectivity index (χ1n) is 6.83. The Morgan fingerprint density at radius 3 is 2.64 bits per heavy atom. The quantitative estimate of drug-likeness (QED) is 0.719. The minimum absolute atomic E-state index is 0.140. The summed E-state index contributed by atoms with van der Waals surface area (Å²) in [6.45, 7) is 0.453. The Bertz CT molecular complexity index is 955. The second-order valence-electron chi connectivity index (χ2n) is 4.97. The number of hydrogen-bond acceptors (Lipinski definition) is 3. The van der Waals surface area contributed by atoms with Crippen LogP contribution in [0.3, 0.4) is 0 Å². The highest BCUT2D eigenvalue weighted by molar-refractivity contribution is 5.73. The van der Waals surface area contributed by atoms with Crippen LogP contribution in [0.25, 0.3) is 11.0 Å². The SMILES string of the molecule is CN=c1n(C)c(=O)c2cccnc2n1Cc1ccc(F)cc1. The molecule has 0 N–H and O–H groups in total. The molecule has 0 atom stereocenters. The largest absolute Gasteiger partial charge is 0.291 e. The molecule has 0 saturated carbocycles. The van der Waals surface area contributed by atoms with Gasteiger partial charge in [0, 0.05) is 20.3 Å². The van der Waals surface area contributed by atoms with Gasteiger partial charge in [-0.05, 0) is 29.8 Å². The minimum Gasteiger partial charge on any atom is -0.291 e. The first kappa shape index (κ1) is 14.2.